The molecule has 7 heteroatoms. The van der Waals surface area contributed by atoms with Gasteiger partial charge in [-0.25, -0.2) is 9.37 Å². The quantitative estimate of drug-likeness (QED) is 0.587. The van der Waals surface area contributed by atoms with Crippen molar-refractivity contribution in [3.63, 3.8) is 0 Å². The second kappa shape index (κ2) is 9.38. The Morgan fingerprint density at radius 3 is 2.42 bits per heavy atom. The highest BCUT2D eigenvalue weighted by atomic mass is 19.1. The third-order valence-corrected chi connectivity index (χ3v) is 4.91. The molecular weight excluding hydrogens is 399 g/mol. The van der Waals surface area contributed by atoms with E-state index in [1.165, 1.54) is 19.2 Å². The molecule has 0 fully saturated rings. The minimum atomic E-state index is -1.03. The van der Waals surface area contributed by atoms with E-state index < -0.39 is 17.9 Å². The molecule has 3 rings (SSSR count). The smallest absolute Gasteiger partial charge is 0.305 e. The van der Waals surface area contributed by atoms with E-state index in [0.29, 0.717) is 28.1 Å². The van der Waals surface area contributed by atoms with E-state index in [-0.39, 0.29) is 17.9 Å². The first-order valence-electron chi connectivity index (χ1n) is 9.69. The van der Waals surface area contributed by atoms with E-state index in [1.807, 2.05) is 19.1 Å². The van der Waals surface area contributed by atoms with E-state index in [0.717, 1.165) is 5.56 Å². The first-order valence-corrected chi connectivity index (χ1v) is 9.69. The summed E-state index contributed by atoms with van der Waals surface area (Å²) in [5.74, 6) is -1.46. The predicted molar refractivity (Wildman–Crippen MR) is 115 cm³/mol. The predicted octanol–water partition coefficient (Wildman–Crippen LogP) is 4.46. The van der Waals surface area contributed by atoms with Crippen molar-refractivity contribution < 1.29 is 23.8 Å². The Hall–Kier alpha value is -3.74. The highest BCUT2D eigenvalue weighted by molar-refractivity contribution is 5.93. The molecule has 1 atom stereocenters. The number of halogens is 1. The number of carbonyl (C=O) groups excluding carboxylic acids is 1. The zero-order valence-corrected chi connectivity index (χ0v) is 17.5. The number of amides is 1. The van der Waals surface area contributed by atoms with Crippen LogP contribution in [0.5, 0.6) is 5.75 Å². The van der Waals surface area contributed by atoms with Gasteiger partial charge in [-0.15, -0.1) is 0 Å². The van der Waals surface area contributed by atoms with Gasteiger partial charge < -0.3 is 15.2 Å². The summed E-state index contributed by atoms with van der Waals surface area (Å²) in [5.41, 5.74) is 3.25. The van der Waals surface area contributed by atoms with Gasteiger partial charge in [-0.2, -0.15) is 0 Å². The zero-order chi connectivity index (χ0) is 22.5. The van der Waals surface area contributed by atoms with Crippen LogP contribution in [0.1, 0.15) is 39.6 Å². The molecule has 31 heavy (non-hydrogen) atoms. The summed E-state index contributed by atoms with van der Waals surface area (Å²) in [5, 5.41) is 12.0. The van der Waals surface area contributed by atoms with Crippen molar-refractivity contribution >= 4 is 11.9 Å². The Balaban J connectivity index is 1.93. The first kappa shape index (κ1) is 22.0. The van der Waals surface area contributed by atoms with Gasteiger partial charge in [-0.3, -0.25) is 9.59 Å². The number of ether oxygens (including phenoxy) is 1. The fourth-order valence-electron chi connectivity index (χ4n) is 3.19. The van der Waals surface area contributed by atoms with Gasteiger partial charge in [0.2, 0.25) is 0 Å². The second-order valence-corrected chi connectivity index (χ2v) is 7.25. The summed E-state index contributed by atoms with van der Waals surface area (Å²) in [4.78, 5) is 28.7. The van der Waals surface area contributed by atoms with Crippen molar-refractivity contribution in [1.29, 1.82) is 0 Å². The number of methoxy groups -OCH3 is 1. The Morgan fingerprint density at radius 2 is 1.81 bits per heavy atom. The van der Waals surface area contributed by atoms with Crippen LogP contribution in [0.4, 0.5) is 4.39 Å². The van der Waals surface area contributed by atoms with Gasteiger partial charge in [-0.05, 0) is 55.3 Å². The molecule has 1 amide bonds. The molecule has 6 nitrogen and oxygen atoms in total. The van der Waals surface area contributed by atoms with Gasteiger partial charge in [0.15, 0.2) is 0 Å². The maximum Gasteiger partial charge on any atom is 0.305 e. The normalized spacial score (nSPS) is 11.6. The third-order valence-electron chi connectivity index (χ3n) is 4.91. The number of pyridine rings is 1. The number of carbonyl (C=O) groups is 2. The molecule has 160 valence electrons. The SMILES string of the molecule is COc1ccc(C(=O)N[C@@H](CC(=O)O)c2ccc(C)cc2)nc1-c1ccc(F)c(C)c1. The number of carboxylic acid groups (broad SMARTS) is 1. The minimum absolute atomic E-state index is 0.0975. The fraction of sp³-hybridized carbons (Fsp3) is 0.208. The molecule has 0 spiro atoms. The molecule has 3 aromatic rings. The molecule has 1 heterocycles. The van der Waals surface area contributed by atoms with Crippen molar-refractivity contribution in [3.8, 4) is 17.0 Å². The highest BCUT2D eigenvalue weighted by Crippen LogP contribution is 2.29. The van der Waals surface area contributed by atoms with E-state index >= 15 is 0 Å². The van der Waals surface area contributed by atoms with Gasteiger partial charge >= 0.3 is 5.97 Å². The molecule has 0 radical (unpaired) electrons. The Kier molecular flexibility index (Phi) is 6.65. The van der Waals surface area contributed by atoms with E-state index in [9.17, 15) is 19.1 Å². The van der Waals surface area contributed by atoms with Gasteiger partial charge in [0, 0.05) is 5.56 Å². The Morgan fingerprint density at radius 1 is 1.10 bits per heavy atom. The Labute approximate surface area is 179 Å². The van der Waals surface area contributed by atoms with Crippen LogP contribution in [-0.2, 0) is 4.79 Å². The minimum Gasteiger partial charge on any atom is -0.494 e. The van der Waals surface area contributed by atoms with Crippen molar-refractivity contribution in [2.45, 2.75) is 26.3 Å². The standard InChI is InChI=1S/C24H23FN2O4/c1-14-4-6-16(7-5-14)20(13-22(28)29)27-24(30)19-10-11-21(31-3)23(26-19)17-8-9-18(25)15(2)12-17/h4-12,20H,13H2,1-3H3,(H,27,30)(H,28,29)/t20-/m0/s1. The van der Waals surface area contributed by atoms with E-state index in [2.05, 4.69) is 10.3 Å². The maximum atomic E-state index is 13.7. The van der Waals surface area contributed by atoms with Gasteiger partial charge in [0.25, 0.3) is 5.91 Å². The monoisotopic (exact) mass is 422 g/mol. The van der Waals surface area contributed by atoms with Crippen LogP contribution in [0.3, 0.4) is 0 Å². The average molecular weight is 422 g/mol. The molecule has 0 aliphatic rings. The first-order chi connectivity index (χ1) is 14.8. The number of rotatable bonds is 7. The lowest BCUT2D eigenvalue weighted by atomic mass is 10.0. The van der Waals surface area contributed by atoms with E-state index in [4.69, 9.17) is 4.74 Å². The number of aliphatic carboxylic acids is 1. The number of nitrogens with zero attached hydrogens (tertiary/aromatic N) is 1. The van der Waals surface area contributed by atoms with Gasteiger partial charge in [-0.1, -0.05) is 29.8 Å². The van der Waals surface area contributed by atoms with Gasteiger partial charge in [0.05, 0.1) is 19.6 Å². The lowest BCUT2D eigenvalue weighted by Crippen LogP contribution is -2.30. The van der Waals surface area contributed by atoms with Crippen molar-refractivity contribution in [2.75, 3.05) is 7.11 Å². The number of nitrogens with one attached hydrogen (secondary N) is 1. The number of hydrogen-bond donors (Lipinski definition) is 2. The molecule has 0 saturated carbocycles. The molecule has 2 aromatic carbocycles. The average Bonchev–Trinajstić information content (AvgIpc) is 2.75. The lowest BCUT2D eigenvalue weighted by Gasteiger charge is -2.18. The number of carboxylic acids is 1. The number of aryl methyl sites for hydroxylation is 2. The lowest BCUT2D eigenvalue weighted by molar-refractivity contribution is -0.137. The number of benzene rings is 2. The summed E-state index contributed by atoms with van der Waals surface area (Å²) in [6.07, 6.45) is -0.269. The molecule has 0 aliphatic heterocycles. The number of aromatic nitrogens is 1. The van der Waals surface area contributed by atoms with Crippen LogP contribution in [0.15, 0.2) is 54.6 Å². The maximum absolute atomic E-state index is 13.7. The molecule has 1 aromatic heterocycles. The van der Waals surface area contributed by atoms with Crippen molar-refractivity contribution in [3.05, 3.63) is 82.8 Å². The van der Waals surface area contributed by atoms with Crippen molar-refractivity contribution in [1.82, 2.24) is 10.3 Å². The van der Waals surface area contributed by atoms with Crippen LogP contribution in [0.2, 0.25) is 0 Å². The van der Waals surface area contributed by atoms with Crippen LogP contribution in [0, 0.1) is 19.7 Å². The molecule has 0 aliphatic carbocycles. The summed E-state index contributed by atoms with van der Waals surface area (Å²) in [6, 6.07) is 14.2. The highest BCUT2D eigenvalue weighted by Gasteiger charge is 2.21. The van der Waals surface area contributed by atoms with Crippen LogP contribution in [0.25, 0.3) is 11.3 Å². The zero-order valence-electron chi connectivity index (χ0n) is 17.5. The molecule has 0 unspecified atom stereocenters. The largest absolute Gasteiger partial charge is 0.494 e. The third kappa shape index (κ3) is 5.25. The summed E-state index contributed by atoms with van der Waals surface area (Å²) in [7, 11) is 1.48. The van der Waals surface area contributed by atoms with E-state index in [1.54, 1.807) is 37.3 Å². The fourth-order valence-corrected chi connectivity index (χ4v) is 3.19. The summed E-state index contributed by atoms with van der Waals surface area (Å²) >= 11 is 0. The Bertz CT molecular complexity index is 1110. The van der Waals surface area contributed by atoms with Crippen LogP contribution in [-0.4, -0.2) is 29.1 Å². The van der Waals surface area contributed by atoms with Gasteiger partial charge in [0.1, 0.15) is 23.0 Å². The topological polar surface area (TPSA) is 88.5 Å². The molecule has 0 saturated heterocycles. The van der Waals surface area contributed by atoms with Crippen molar-refractivity contribution in [2.24, 2.45) is 0 Å². The van der Waals surface area contributed by atoms with Crippen LogP contribution >= 0.6 is 0 Å². The summed E-state index contributed by atoms with van der Waals surface area (Å²) < 4.78 is 19.0. The second-order valence-electron chi connectivity index (χ2n) is 7.25. The molecule has 2 N–H and O–H groups in total. The summed E-state index contributed by atoms with van der Waals surface area (Å²) in [6.45, 7) is 3.56. The van der Waals surface area contributed by atoms with Crippen LogP contribution < -0.4 is 10.1 Å². The molecule has 0 bridgehead atoms. The number of hydrogen-bond acceptors (Lipinski definition) is 4. The molecular formula is C24H23FN2O4.